The fraction of sp³-hybridized carbons (Fsp3) is 0.500. The summed E-state index contributed by atoms with van der Waals surface area (Å²) in [6.45, 7) is 3.01. The van der Waals surface area contributed by atoms with Crippen LogP contribution in [0, 0.1) is 0 Å². The van der Waals surface area contributed by atoms with Crippen LogP contribution in [-0.2, 0) is 20.7 Å². The van der Waals surface area contributed by atoms with Crippen molar-refractivity contribution in [2.45, 2.75) is 32.2 Å². The van der Waals surface area contributed by atoms with Gasteiger partial charge in [0.25, 0.3) is 0 Å². The molecule has 0 bridgehead atoms. The first-order chi connectivity index (χ1) is 10.6. The molecule has 6 nitrogen and oxygen atoms in total. The zero-order chi connectivity index (χ0) is 15.9. The van der Waals surface area contributed by atoms with Crippen molar-refractivity contribution in [3.8, 4) is 5.75 Å². The summed E-state index contributed by atoms with van der Waals surface area (Å²) in [7, 11) is 0. The van der Waals surface area contributed by atoms with E-state index in [9.17, 15) is 14.7 Å². The maximum atomic E-state index is 11.8. The zero-order valence-electron chi connectivity index (χ0n) is 12.6. The van der Waals surface area contributed by atoms with E-state index in [0.717, 1.165) is 30.6 Å². The normalized spacial score (nSPS) is 14.0. The van der Waals surface area contributed by atoms with Crippen LogP contribution in [0.1, 0.15) is 36.9 Å². The fourth-order valence-electron chi connectivity index (χ4n) is 2.29. The number of hydrogen-bond donors (Lipinski definition) is 2. The predicted molar refractivity (Wildman–Crippen MR) is 79.9 cm³/mol. The van der Waals surface area contributed by atoms with E-state index in [1.165, 1.54) is 0 Å². The van der Waals surface area contributed by atoms with Gasteiger partial charge < -0.3 is 19.9 Å². The number of carbonyl (C=O) groups is 2. The summed E-state index contributed by atoms with van der Waals surface area (Å²) in [6.07, 6.45) is 2.61. The number of ether oxygens (including phenoxy) is 2. The van der Waals surface area contributed by atoms with E-state index in [4.69, 9.17) is 9.47 Å². The lowest BCUT2D eigenvalue weighted by molar-refractivity contribution is -0.142. The van der Waals surface area contributed by atoms with E-state index in [1.54, 1.807) is 18.2 Å². The molecule has 1 heterocycles. The van der Waals surface area contributed by atoms with Crippen molar-refractivity contribution < 1.29 is 24.2 Å². The average Bonchev–Trinajstić information content (AvgIpc) is 2.96. The third-order valence-corrected chi connectivity index (χ3v) is 3.47. The van der Waals surface area contributed by atoms with Crippen molar-refractivity contribution >= 4 is 11.9 Å². The highest BCUT2D eigenvalue weighted by molar-refractivity contribution is 5.85. The van der Waals surface area contributed by atoms with Crippen molar-refractivity contribution in [1.82, 2.24) is 5.32 Å². The van der Waals surface area contributed by atoms with E-state index >= 15 is 0 Å². The van der Waals surface area contributed by atoms with Gasteiger partial charge >= 0.3 is 5.97 Å². The van der Waals surface area contributed by atoms with E-state index in [1.807, 2.05) is 6.92 Å². The number of aliphatic carboxylic acids is 1. The van der Waals surface area contributed by atoms with Gasteiger partial charge in [0, 0.05) is 13.0 Å². The Balaban J connectivity index is 1.98. The largest absolute Gasteiger partial charge is 0.493 e. The lowest BCUT2D eigenvalue weighted by Gasteiger charge is -2.16. The van der Waals surface area contributed by atoms with E-state index in [-0.39, 0.29) is 6.61 Å². The van der Waals surface area contributed by atoms with Crippen molar-refractivity contribution in [2.24, 2.45) is 0 Å². The number of carboxylic acids is 1. The minimum atomic E-state index is -1.10. The first-order valence-corrected chi connectivity index (χ1v) is 7.47. The summed E-state index contributed by atoms with van der Waals surface area (Å²) in [5.74, 6) is -0.747. The van der Waals surface area contributed by atoms with Crippen LogP contribution in [0.25, 0.3) is 0 Å². The number of fused-ring (bicyclic) bond motifs is 1. The summed E-state index contributed by atoms with van der Waals surface area (Å²) >= 11 is 0. The first kappa shape index (κ1) is 16.3. The molecule has 1 atom stereocenters. The predicted octanol–water partition coefficient (Wildman–Crippen LogP) is 1.68. The molecule has 1 aliphatic rings. The maximum Gasteiger partial charge on any atom is 0.330 e. The van der Waals surface area contributed by atoms with Gasteiger partial charge in [-0.3, -0.25) is 4.79 Å². The van der Waals surface area contributed by atoms with Gasteiger partial charge in [0.05, 0.1) is 6.61 Å². The molecule has 0 saturated carbocycles. The Morgan fingerprint density at radius 2 is 2.27 bits per heavy atom. The third kappa shape index (κ3) is 4.21. The van der Waals surface area contributed by atoms with E-state index < -0.39 is 17.9 Å². The minimum absolute atomic E-state index is 0.127. The molecule has 6 heteroatoms. The van der Waals surface area contributed by atoms with Crippen LogP contribution in [0.5, 0.6) is 5.75 Å². The van der Waals surface area contributed by atoms with Gasteiger partial charge in [0.15, 0.2) is 6.04 Å². The number of rotatable bonds is 8. The number of carbonyl (C=O) groups excluding carboxylic acids is 1. The van der Waals surface area contributed by atoms with E-state index in [2.05, 4.69) is 5.32 Å². The molecule has 0 radical (unpaired) electrons. The molecule has 1 aliphatic heterocycles. The molecule has 0 fully saturated rings. The Morgan fingerprint density at radius 3 is 3.00 bits per heavy atom. The zero-order valence-corrected chi connectivity index (χ0v) is 12.6. The highest BCUT2D eigenvalue weighted by Gasteiger charge is 2.24. The van der Waals surface area contributed by atoms with Gasteiger partial charge in [-0.1, -0.05) is 19.4 Å². The SMILES string of the molecule is CCCCOCC(=O)NC(C(=O)O)c1ccc2c(c1)CCO2. The molecule has 0 spiro atoms. The first-order valence-electron chi connectivity index (χ1n) is 7.47. The van der Waals surface area contributed by atoms with Gasteiger partial charge in [-0.25, -0.2) is 4.79 Å². The van der Waals surface area contributed by atoms with Crippen molar-refractivity contribution in [1.29, 1.82) is 0 Å². The Labute approximate surface area is 129 Å². The topological polar surface area (TPSA) is 84.9 Å². The quantitative estimate of drug-likeness (QED) is 0.714. The molecule has 1 unspecified atom stereocenters. The van der Waals surface area contributed by atoms with Crippen LogP contribution in [0.3, 0.4) is 0 Å². The Morgan fingerprint density at radius 1 is 1.45 bits per heavy atom. The number of benzene rings is 1. The fourth-order valence-corrected chi connectivity index (χ4v) is 2.29. The molecule has 0 saturated heterocycles. The summed E-state index contributed by atoms with van der Waals surface area (Å²) in [5.41, 5.74) is 1.51. The highest BCUT2D eigenvalue weighted by atomic mass is 16.5. The van der Waals surface area contributed by atoms with Crippen LogP contribution in [0.2, 0.25) is 0 Å². The molecule has 0 aliphatic carbocycles. The molecule has 1 amide bonds. The number of nitrogens with one attached hydrogen (secondary N) is 1. The third-order valence-electron chi connectivity index (χ3n) is 3.47. The van der Waals surface area contributed by atoms with Crippen LogP contribution < -0.4 is 10.1 Å². The van der Waals surface area contributed by atoms with Gasteiger partial charge in [-0.05, 0) is 29.7 Å². The van der Waals surface area contributed by atoms with Crippen LogP contribution in [0.4, 0.5) is 0 Å². The van der Waals surface area contributed by atoms with Crippen LogP contribution in [0.15, 0.2) is 18.2 Å². The summed E-state index contributed by atoms with van der Waals surface area (Å²) < 4.78 is 10.6. The van der Waals surface area contributed by atoms with Crippen LogP contribution >= 0.6 is 0 Å². The second-order valence-corrected chi connectivity index (χ2v) is 5.21. The van der Waals surface area contributed by atoms with E-state index in [0.29, 0.717) is 18.8 Å². The summed E-state index contributed by atoms with van der Waals surface area (Å²) in [4.78, 5) is 23.2. The van der Waals surface area contributed by atoms with Crippen molar-refractivity contribution in [3.63, 3.8) is 0 Å². The number of carboxylic acid groups (broad SMARTS) is 1. The minimum Gasteiger partial charge on any atom is -0.493 e. The molecule has 2 rings (SSSR count). The molecule has 0 aromatic heterocycles. The lowest BCUT2D eigenvalue weighted by atomic mass is 10.0. The smallest absolute Gasteiger partial charge is 0.330 e. The van der Waals surface area contributed by atoms with Gasteiger partial charge in [-0.15, -0.1) is 0 Å². The molecule has 120 valence electrons. The Bertz CT molecular complexity index is 543. The lowest BCUT2D eigenvalue weighted by Crippen LogP contribution is -2.36. The van der Waals surface area contributed by atoms with Crippen molar-refractivity contribution in [3.05, 3.63) is 29.3 Å². The Kier molecular flexibility index (Phi) is 5.77. The van der Waals surface area contributed by atoms with Crippen molar-refractivity contribution in [2.75, 3.05) is 19.8 Å². The second-order valence-electron chi connectivity index (χ2n) is 5.21. The average molecular weight is 307 g/mol. The summed E-state index contributed by atoms with van der Waals surface area (Å²) in [5, 5.41) is 11.8. The van der Waals surface area contributed by atoms with Crippen LogP contribution in [-0.4, -0.2) is 36.8 Å². The molecule has 1 aromatic rings. The molecule has 1 aromatic carbocycles. The van der Waals surface area contributed by atoms with Gasteiger partial charge in [0.1, 0.15) is 12.4 Å². The standard InChI is InChI=1S/C16H21NO5/c1-2-3-7-21-10-14(18)17-15(16(19)20)12-4-5-13-11(9-12)6-8-22-13/h4-5,9,15H,2-3,6-8,10H2,1H3,(H,17,18)(H,19,20). The second kappa shape index (κ2) is 7.79. The molecular formula is C16H21NO5. The number of hydrogen-bond acceptors (Lipinski definition) is 4. The number of amides is 1. The summed E-state index contributed by atoms with van der Waals surface area (Å²) in [6, 6.07) is 4.12. The molecule has 2 N–H and O–H groups in total. The van der Waals surface area contributed by atoms with Gasteiger partial charge in [-0.2, -0.15) is 0 Å². The molecular weight excluding hydrogens is 286 g/mol. The maximum absolute atomic E-state index is 11.8. The molecule has 22 heavy (non-hydrogen) atoms. The highest BCUT2D eigenvalue weighted by Crippen LogP contribution is 2.28. The van der Waals surface area contributed by atoms with Gasteiger partial charge in [0.2, 0.25) is 5.91 Å². The number of unbranched alkanes of at least 4 members (excludes halogenated alkanes) is 1. The Hall–Kier alpha value is -2.08. The monoisotopic (exact) mass is 307 g/mol.